The number of hydrogen-bond donors (Lipinski definition) is 1. The molecule has 0 radical (unpaired) electrons. The molecule has 0 heterocycles. The van der Waals surface area contributed by atoms with Crippen molar-refractivity contribution >= 4 is 15.9 Å². The normalized spacial score (nSPS) is 12.5. The third kappa shape index (κ3) is 4.66. The van der Waals surface area contributed by atoms with E-state index < -0.39 is 0 Å². The zero-order valence-electron chi connectivity index (χ0n) is 10.6. The van der Waals surface area contributed by atoms with E-state index in [1.54, 1.807) is 7.11 Å². The van der Waals surface area contributed by atoms with Crippen LogP contribution in [0.3, 0.4) is 0 Å². The van der Waals surface area contributed by atoms with Crippen molar-refractivity contribution in [2.75, 3.05) is 27.4 Å². The zero-order chi connectivity index (χ0) is 12.7. The monoisotopic (exact) mass is 301 g/mol. The Labute approximate surface area is 112 Å². The van der Waals surface area contributed by atoms with Gasteiger partial charge in [0.2, 0.25) is 0 Å². The van der Waals surface area contributed by atoms with Gasteiger partial charge in [0.15, 0.2) is 0 Å². The quantitative estimate of drug-likeness (QED) is 0.840. The van der Waals surface area contributed by atoms with Gasteiger partial charge in [-0.3, -0.25) is 0 Å². The molecule has 1 unspecified atom stereocenters. The average Bonchev–Trinajstić information content (AvgIpc) is 2.34. The first-order chi connectivity index (χ1) is 8.21. The van der Waals surface area contributed by atoms with Crippen LogP contribution < -0.4 is 10.1 Å². The molecule has 0 amide bonds. The summed E-state index contributed by atoms with van der Waals surface area (Å²) in [5.74, 6) is 0.921. The smallest absolute Gasteiger partial charge is 0.122 e. The van der Waals surface area contributed by atoms with Crippen molar-refractivity contribution in [3.05, 3.63) is 28.2 Å². The molecular formula is C13H20BrNO2. The molecule has 1 N–H and O–H groups in total. The zero-order valence-corrected chi connectivity index (χ0v) is 12.2. The molecule has 0 aromatic heterocycles. The largest absolute Gasteiger partial charge is 0.496 e. The first-order valence-corrected chi connectivity index (χ1v) is 6.58. The lowest BCUT2D eigenvalue weighted by atomic mass is 10.1. The molecule has 0 aliphatic carbocycles. The summed E-state index contributed by atoms with van der Waals surface area (Å²) < 4.78 is 11.9. The molecule has 3 nitrogen and oxygen atoms in total. The summed E-state index contributed by atoms with van der Waals surface area (Å²) in [6, 6.07) is 6.36. The Bertz CT molecular complexity index is 344. The maximum absolute atomic E-state index is 5.45. The fourth-order valence-electron chi connectivity index (χ4n) is 1.68. The topological polar surface area (TPSA) is 30.5 Å². The van der Waals surface area contributed by atoms with E-state index in [4.69, 9.17) is 9.47 Å². The van der Waals surface area contributed by atoms with E-state index in [0.717, 1.165) is 23.2 Å². The minimum Gasteiger partial charge on any atom is -0.496 e. The van der Waals surface area contributed by atoms with Gasteiger partial charge in [0.25, 0.3) is 0 Å². The molecule has 0 fully saturated rings. The lowest BCUT2D eigenvalue weighted by molar-refractivity contribution is 0.125. The Morgan fingerprint density at radius 2 is 2.18 bits per heavy atom. The van der Waals surface area contributed by atoms with Crippen LogP contribution in [-0.2, 0) is 11.2 Å². The lowest BCUT2D eigenvalue weighted by Gasteiger charge is -2.17. The third-order valence-electron chi connectivity index (χ3n) is 2.64. The van der Waals surface area contributed by atoms with Gasteiger partial charge in [-0.1, -0.05) is 15.9 Å². The maximum Gasteiger partial charge on any atom is 0.122 e. The maximum atomic E-state index is 5.45. The molecule has 0 aliphatic heterocycles. The fraction of sp³-hybridized carbons (Fsp3) is 0.538. The minimum atomic E-state index is 0.304. The molecule has 1 atom stereocenters. The second-order valence-electron chi connectivity index (χ2n) is 3.81. The number of halogens is 1. The van der Waals surface area contributed by atoms with E-state index in [0.29, 0.717) is 12.6 Å². The number of ether oxygens (including phenoxy) is 2. The molecular weight excluding hydrogens is 282 g/mol. The van der Waals surface area contributed by atoms with Crippen molar-refractivity contribution in [2.45, 2.75) is 19.4 Å². The van der Waals surface area contributed by atoms with E-state index in [2.05, 4.69) is 27.3 Å². The molecule has 96 valence electrons. The van der Waals surface area contributed by atoms with Crippen LogP contribution in [0, 0.1) is 0 Å². The summed E-state index contributed by atoms with van der Waals surface area (Å²) in [6.45, 7) is 3.46. The van der Waals surface area contributed by atoms with Gasteiger partial charge in [-0.25, -0.2) is 0 Å². The molecule has 1 aromatic carbocycles. The summed E-state index contributed by atoms with van der Waals surface area (Å²) in [5, 5.41) is 3.26. The van der Waals surface area contributed by atoms with Crippen LogP contribution >= 0.6 is 15.9 Å². The summed E-state index contributed by atoms with van der Waals surface area (Å²) in [6.07, 6.45) is 0.888. The molecule has 0 saturated carbocycles. The van der Waals surface area contributed by atoms with Gasteiger partial charge in [0, 0.05) is 17.1 Å². The van der Waals surface area contributed by atoms with E-state index in [-0.39, 0.29) is 0 Å². The first-order valence-electron chi connectivity index (χ1n) is 5.78. The fourth-order valence-corrected chi connectivity index (χ4v) is 2.09. The van der Waals surface area contributed by atoms with Gasteiger partial charge in [0.05, 0.1) is 13.7 Å². The number of likely N-dealkylation sites (N-methyl/N-ethyl adjacent to an activating group) is 1. The molecule has 0 spiro atoms. The lowest BCUT2D eigenvalue weighted by Crippen LogP contribution is -2.32. The number of rotatable bonds is 7. The van der Waals surface area contributed by atoms with E-state index in [9.17, 15) is 0 Å². The van der Waals surface area contributed by atoms with Crippen LogP contribution in [0.2, 0.25) is 0 Å². The Hall–Kier alpha value is -0.580. The van der Waals surface area contributed by atoms with Crippen molar-refractivity contribution in [1.29, 1.82) is 0 Å². The van der Waals surface area contributed by atoms with Crippen LogP contribution in [-0.4, -0.2) is 33.4 Å². The highest BCUT2D eigenvalue weighted by molar-refractivity contribution is 9.10. The van der Waals surface area contributed by atoms with Crippen LogP contribution in [0.1, 0.15) is 12.5 Å². The predicted octanol–water partition coefficient (Wildman–Crippen LogP) is 2.62. The second kappa shape index (κ2) is 7.69. The SMILES string of the molecule is CCOCC(Cc1cc(Br)ccc1OC)NC. The van der Waals surface area contributed by atoms with Gasteiger partial charge in [-0.05, 0) is 44.2 Å². The molecule has 17 heavy (non-hydrogen) atoms. The first kappa shape index (κ1) is 14.5. The molecule has 0 saturated heterocycles. The molecule has 0 bridgehead atoms. The summed E-state index contributed by atoms with van der Waals surface area (Å²) in [7, 11) is 3.65. The third-order valence-corrected chi connectivity index (χ3v) is 3.13. The average molecular weight is 302 g/mol. The van der Waals surface area contributed by atoms with E-state index >= 15 is 0 Å². The van der Waals surface area contributed by atoms with Crippen molar-refractivity contribution in [2.24, 2.45) is 0 Å². The highest BCUT2D eigenvalue weighted by Crippen LogP contribution is 2.24. The Morgan fingerprint density at radius 3 is 2.76 bits per heavy atom. The molecule has 1 rings (SSSR count). The van der Waals surface area contributed by atoms with Crippen molar-refractivity contribution < 1.29 is 9.47 Å². The van der Waals surface area contributed by atoms with Gasteiger partial charge in [-0.2, -0.15) is 0 Å². The second-order valence-corrected chi connectivity index (χ2v) is 4.72. The summed E-state index contributed by atoms with van der Waals surface area (Å²) in [5.41, 5.74) is 1.18. The summed E-state index contributed by atoms with van der Waals surface area (Å²) >= 11 is 3.48. The highest BCUT2D eigenvalue weighted by Gasteiger charge is 2.11. The minimum absolute atomic E-state index is 0.304. The van der Waals surface area contributed by atoms with Crippen molar-refractivity contribution in [3.63, 3.8) is 0 Å². The number of methoxy groups -OCH3 is 1. The Morgan fingerprint density at radius 1 is 1.41 bits per heavy atom. The molecule has 0 aliphatic rings. The van der Waals surface area contributed by atoms with Crippen LogP contribution in [0.4, 0.5) is 0 Å². The van der Waals surface area contributed by atoms with Crippen LogP contribution in [0.15, 0.2) is 22.7 Å². The van der Waals surface area contributed by atoms with Gasteiger partial charge >= 0.3 is 0 Å². The van der Waals surface area contributed by atoms with E-state index in [1.807, 2.05) is 26.1 Å². The van der Waals surface area contributed by atoms with Crippen LogP contribution in [0.5, 0.6) is 5.75 Å². The Kier molecular flexibility index (Phi) is 6.55. The standard InChI is InChI=1S/C13H20BrNO2/c1-4-17-9-12(15-2)8-10-7-11(14)5-6-13(10)16-3/h5-7,12,15H,4,8-9H2,1-3H3. The number of hydrogen-bond acceptors (Lipinski definition) is 3. The van der Waals surface area contributed by atoms with Crippen LogP contribution in [0.25, 0.3) is 0 Å². The molecule has 1 aromatic rings. The predicted molar refractivity (Wildman–Crippen MR) is 73.7 cm³/mol. The van der Waals surface area contributed by atoms with Gasteiger partial charge < -0.3 is 14.8 Å². The van der Waals surface area contributed by atoms with E-state index in [1.165, 1.54) is 5.56 Å². The van der Waals surface area contributed by atoms with Gasteiger partial charge in [-0.15, -0.1) is 0 Å². The Balaban J connectivity index is 2.73. The van der Waals surface area contributed by atoms with Gasteiger partial charge in [0.1, 0.15) is 5.75 Å². The van der Waals surface area contributed by atoms with Crippen molar-refractivity contribution in [3.8, 4) is 5.75 Å². The number of nitrogens with one attached hydrogen (secondary N) is 1. The highest BCUT2D eigenvalue weighted by atomic mass is 79.9. The summed E-state index contributed by atoms with van der Waals surface area (Å²) in [4.78, 5) is 0. The van der Waals surface area contributed by atoms with Crippen molar-refractivity contribution in [1.82, 2.24) is 5.32 Å². The number of benzene rings is 1. The molecule has 4 heteroatoms.